The second-order valence-corrected chi connectivity index (χ2v) is 5.79. The highest BCUT2D eigenvalue weighted by Crippen LogP contribution is 2.26. The largest absolute Gasteiger partial charge is 0.481 e. The summed E-state index contributed by atoms with van der Waals surface area (Å²) in [4.78, 5) is 23.0. The van der Waals surface area contributed by atoms with Gasteiger partial charge >= 0.3 is 5.97 Å². The quantitative estimate of drug-likeness (QED) is 0.876. The Hall–Kier alpha value is -1.91. The normalized spacial score (nSPS) is 22.8. The van der Waals surface area contributed by atoms with E-state index in [2.05, 4.69) is 5.32 Å². The molecule has 1 saturated carbocycles. The Morgan fingerprint density at radius 1 is 1.43 bits per heavy atom. The third kappa shape index (κ3) is 4.28. The Morgan fingerprint density at radius 3 is 2.81 bits per heavy atom. The van der Waals surface area contributed by atoms with Crippen LogP contribution in [-0.4, -0.2) is 23.0 Å². The van der Waals surface area contributed by atoms with Gasteiger partial charge in [-0.3, -0.25) is 9.59 Å². The first-order valence-corrected chi connectivity index (χ1v) is 7.23. The van der Waals surface area contributed by atoms with E-state index in [1.165, 1.54) is 12.1 Å². The zero-order valence-electron chi connectivity index (χ0n) is 12.0. The molecule has 4 nitrogen and oxygen atoms in total. The number of nitrogens with one attached hydrogen (secondary N) is 1. The van der Waals surface area contributed by atoms with Crippen LogP contribution in [0.1, 0.15) is 31.7 Å². The molecule has 2 rings (SSSR count). The third-order valence-electron chi connectivity index (χ3n) is 4.01. The maximum Gasteiger partial charge on any atom is 0.306 e. The van der Waals surface area contributed by atoms with Crippen molar-refractivity contribution in [1.29, 1.82) is 0 Å². The number of aliphatic carboxylic acids is 1. The SMILES string of the molecule is CC(Cc1cccc(F)c1)C(=O)N[C@@H]1CC[C@H](C(=O)O)C1. The number of amides is 1. The summed E-state index contributed by atoms with van der Waals surface area (Å²) in [5, 5.41) is 11.8. The van der Waals surface area contributed by atoms with Crippen molar-refractivity contribution in [3.8, 4) is 0 Å². The van der Waals surface area contributed by atoms with Crippen LogP contribution in [0, 0.1) is 17.7 Å². The van der Waals surface area contributed by atoms with Crippen molar-refractivity contribution in [3.63, 3.8) is 0 Å². The average molecular weight is 293 g/mol. The molecule has 5 heteroatoms. The first kappa shape index (κ1) is 15.5. The lowest BCUT2D eigenvalue weighted by molar-refractivity contribution is -0.141. The van der Waals surface area contributed by atoms with E-state index in [4.69, 9.17) is 5.11 Å². The maximum atomic E-state index is 13.1. The number of carboxylic acid groups (broad SMARTS) is 1. The second kappa shape index (κ2) is 6.70. The molecule has 0 aliphatic heterocycles. The molecular weight excluding hydrogens is 273 g/mol. The number of hydrogen-bond acceptors (Lipinski definition) is 2. The van der Waals surface area contributed by atoms with Crippen molar-refractivity contribution in [2.75, 3.05) is 0 Å². The highest BCUT2D eigenvalue weighted by Gasteiger charge is 2.31. The van der Waals surface area contributed by atoms with Crippen molar-refractivity contribution in [1.82, 2.24) is 5.32 Å². The second-order valence-electron chi connectivity index (χ2n) is 5.79. The number of carbonyl (C=O) groups excluding carboxylic acids is 1. The van der Waals surface area contributed by atoms with Crippen LogP contribution in [0.25, 0.3) is 0 Å². The lowest BCUT2D eigenvalue weighted by Crippen LogP contribution is -2.37. The van der Waals surface area contributed by atoms with Crippen LogP contribution in [0.4, 0.5) is 4.39 Å². The van der Waals surface area contributed by atoms with Crippen LogP contribution >= 0.6 is 0 Å². The molecule has 0 bridgehead atoms. The van der Waals surface area contributed by atoms with E-state index < -0.39 is 5.97 Å². The zero-order valence-corrected chi connectivity index (χ0v) is 12.0. The minimum Gasteiger partial charge on any atom is -0.481 e. The Morgan fingerprint density at radius 2 is 2.19 bits per heavy atom. The van der Waals surface area contributed by atoms with E-state index in [1.54, 1.807) is 19.1 Å². The van der Waals surface area contributed by atoms with Gasteiger partial charge in [0.15, 0.2) is 0 Å². The summed E-state index contributed by atoms with van der Waals surface area (Å²) >= 11 is 0. The number of benzene rings is 1. The van der Waals surface area contributed by atoms with Crippen molar-refractivity contribution in [3.05, 3.63) is 35.6 Å². The molecule has 0 saturated heterocycles. The number of carboxylic acids is 1. The summed E-state index contributed by atoms with van der Waals surface area (Å²) in [6.07, 6.45) is 2.28. The highest BCUT2D eigenvalue weighted by molar-refractivity contribution is 5.79. The van der Waals surface area contributed by atoms with E-state index in [1.807, 2.05) is 0 Å². The monoisotopic (exact) mass is 293 g/mol. The Labute approximate surface area is 123 Å². The summed E-state index contributed by atoms with van der Waals surface area (Å²) < 4.78 is 13.1. The third-order valence-corrected chi connectivity index (χ3v) is 4.01. The number of hydrogen-bond donors (Lipinski definition) is 2. The van der Waals surface area contributed by atoms with Gasteiger partial charge in [-0.1, -0.05) is 19.1 Å². The molecule has 1 aliphatic rings. The van der Waals surface area contributed by atoms with Crippen LogP contribution in [0.5, 0.6) is 0 Å². The van der Waals surface area contributed by atoms with Gasteiger partial charge in [0.05, 0.1) is 5.92 Å². The summed E-state index contributed by atoms with van der Waals surface area (Å²) in [5.41, 5.74) is 0.785. The summed E-state index contributed by atoms with van der Waals surface area (Å²) in [6.45, 7) is 1.80. The van der Waals surface area contributed by atoms with Crippen LogP contribution in [0.2, 0.25) is 0 Å². The molecule has 1 aromatic carbocycles. The fraction of sp³-hybridized carbons (Fsp3) is 0.500. The van der Waals surface area contributed by atoms with Crippen LogP contribution in [0.15, 0.2) is 24.3 Å². The number of halogens is 1. The van der Waals surface area contributed by atoms with Gasteiger partial charge in [-0.25, -0.2) is 4.39 Å². The predicted octanol–water partition coefficient (Wildman–Crippen LogP) is 2.37. The molecule has 21 heavy (non-hydrogen) atoms. The van der Waals surface area contributed by atoms with Gasteiger partial charge in [-0.2, -0.15) is 0 Å². The van der Waals surface area contributed by atoms with E-state index in [0.29, 0.717) is 25.7 Å². The zero-order chi connectivity index (χ0) is 15.4. The minimum atomic E-state index is -0.792. The first-order valence-electron chi connectivity index (χ1n) is 7.23. The molecule has 114 valence electrons. The van der Waals surface area contributed by atoms with Crippen LogP contribution in [0.3, 0.4) is 0 Å². The van der Waals surface area contributed by atoms with Gasteiger partial charge < -0.3 is 10.4 Å². The smallest absolute Gasteiger partial charge is 0.306 e. The van der Waals surface area contributed by atoms with E-state index >= 15 is 0 Å². The maximum absolute atomic E-state index is 13.1. The predicted molar refractivity (Wildman–Crippen MR) is 76.2 cm³/mol. The molecule has 1 aliphatic carbocycles. The molecule has 1 amide bonds. The molecular formula is C16H20FNO3. The highest BCUT2D eigenvalue weighted by atomic mass is 19.1. The first-order chi connectivity index (χ1) is 9.95. The molecule has 0 heterocycles. The Balaban J connectivity index is 1.84. The Bertz CT molecular complexity index is 532. The number of carbonyl (C=O) groups is 2. The molecule has 1 unspecified atom stereocenters. The van der Waals surface area contributed by atoms with Crippen molar-refractivity contribution in [2.45, 2.75) is 38.6 Å². The van der Waals surface area contributed by atoms with Crippen molar-refractivity contribution < 1.29 is 19.1 Å². The van der Waals surface area contributed by atoms with Gasteiger partial charge in [0.2, 0.25) is 5.91 Å². The van der Waals surface area contributed by atoms with Gasteiger partial charge in [0.25, 0.3) is 0 Å². The van der Waals surface area contributed by atoms with Gasteiger partial charge in [-0.15, -0.1) is 0 Å². The molecule has 0 spiro atoms. The van der Waals surface area contributed by atoms with Crippen LogP contribution in [-0.2, 0) is 16.0 Å². The Kier molecular flexibility index (Phi) is 4.94. The molecule has 3 atom stereocenters. The van der Waals surface area contributed by atoms with E-state index in [-0.39, 0.29) is 29.6 Å². The van der Waals surface area contributed by atoms with Gasteiger partial charge in [0.1, 0.15) is 5.82 Å². The average Bonchev–Trinajstić information content (AvgIpc) is 2.87. The molecule has 2 N–H and O–H groups in total. The minimum absolute atomic E-state index is 0.0615. The van der Waals surface area contributed by atoms with Crippen LogP contribution < -0.4 is 5.32 Å². The number of rotatable bonds is 5. The van der Waals surface area contributed by atoms with Gasteiger partial charge in [-0.05, 0) is 43.4 Å². The lowest BCUT2D eigenvalue weighted by Gasteiger charge is -2.17. The fourth-order valence-corrected chi connectivity index (χ4v) is 2.79. The summed E-state index contributed by atoms with van der Waals surface area (Å²) in [7, 11) is 0. The topological polar surface area (TPSA) is 66.4 Å². The molecule has 0 radical (unpaired) electrons. The van der Waals surface area contributed by atoms with Crippen molar-refractivity contribution in [2.24, 2.45) is 11.8 Å². The molecule has 1 aromatic rings. The molecule has 0 aromatic heterocycles. The lowest BCUT2D eigenvalue weighted by atomic mass is 9.99. The van der Waals surface area contributed by atoms with E-state index in [9.17, 15) is 14.0 Å². The molecule has 1 fully saturated rings. The van der Waals surface area contributed by atoms with Gasteiger partial charge in [0, 0.05) is 12.0 Å². The summed E-state index contributed by atoms with van der Waals surface area (Å²) in [6, 6.07) is 6.17. The summed E-state index contributed by atoms with van der Waals surface area (Å²) in [5.74, 6) is -1.82. The fourth-order valence-electron chi connectivity index (χ4n) is 2.79. The van der Waals surface area contributed by atoms with E-state index in [0.717, 1.165) is 5.56 Å². The standard InChI is InChI=1S/C16H20FNO3/c1-10(7-11-3-2-4-13(17)8-11)15(19)18-14-6-5-12(9-14)16(20)21/h2-4,8,10,12,14H,5-7,9H2,1H3,(H,18,19)(H,20,21)/t10?,12-,14+/m0/s1. The van der Waals surface area contributed by atoms with Crippen molar-refractivity contribution >= 4 is 11.9 Å².